The van der Waals surface area contributed by atoms with Gasteiger partial charge >= 0.3 is 0 Å². The van der Waals surface area contributed by atoms with E-state index in [2.05, 4.69) is 34.2 Å². The van der Waals surface area contributed by atoms with E-state index in [1.165, 1.54) is 30.4 Å². The van der Waals surface area contributed by atoms with Gasteiger partial charge in [-0.05, 0) is 49.9 Å². The van der Waals surface area contributed by atoms with Gasteiger partial charge in [0.05, 0.1) is 0 Å². The monoisotopic (exact) mass is 325 g/mol. The highest BCUT2D eigenvalue weighted by atomic mass is 79.9. The molecule has 4 heteroatoms. The highest BCUT2D eigenvalue weighted by Gasteiger charge is 2.22. The molecule has 1 unspecified atom stereocenters. The number of nitrogens with one attached hydrogen (secondary N) is 1. The largest absolute Gasteiger partial charge is 0.486 e. The maximum atomic E-state index is 5.77. The molecule has 2 aliphatic rings. The second-order valence-electron chi connectivity index (χ2n) is 5.34. The topological polar surface area (TPSA) is 30.5 Å². The van der Waals surface area contributed by atoms with Crippen molar-refractivity contribution in [1.82, 2.24) is 5.32 Å². The molecule has 0 bridgehead atoms. The van der Waals surface area contributed by atoms with Crippen molar-refractivity contribution in [3.8, 4) is 11.5 Å². The second kappa shape index (κ2) is 5.71. The first kappa shape index (κ1) is 13.3. The highest BCUT2D eigenvalue weighted by molar-refractivity contribution is 9.10. The van der Waals surface area contributed by atoms with Gasteiger partial charge in [-0.1, -0.05) is 22.4 Å². The Morgan fingerprint density at radius 1 is 1.32 bits per heavy atom. The van der Waals surface area contributed by atoms with Gasteiger partial charge in [-0.15, -0.1) is 0 Å². The summed E-state index contributed by atoms with van der Waals surface area (Å²) in [5.41, 5.74) is 2.57. The second-order valence-corrected chi connectivity index (χ2v) is 6.19. The minimum Gasteiger partial charge on any atom is -0.486 e. The van der Waals surface area contributed by atoms with Crippen molar-refractivity contribution in [2.75, 3.05) is 19.8 Å². The van der Waals surface area contributed by atoms with E-state index >= 15 is 0 Å². The third kappa shape index (κ3) is 2.75. The summed E-state index contributed by atoms with van der Waals surface area (Å²) in [5, 5.41) is 3.61. The van der Waals surface area contributed by atoms with Crippen molar-refractivity contribution in [2.24, 2.45) is 0 Å². The minimum absolute atomic E-state index is 0.589. The third-order valence-electron chi connectivity index (χ3n) is 4.01. The average molecular weight is 326 g/mol. The van der Waals surface area contributed by atoms with E-state index in [0.29, 0.717) is 19.3 Å². The first-order chi connectivity index (χ1) is 9.25. The molecule has 0 aliphatic carbocycles. The number of hydrogen-bond acceptors (Lipinski definition) is 3. The summed E-state index contributed by atoms with van der Waals surface area (Å²) in [5.74, 6) is 1.80. The third-order valence-corrected chi connectivity index (χ3v) is 4.72. The number of hydrogen-bond donors (Lipinski definition) is 1. The van der Waals surface area contributed by atoms with E-state index in [9.17, 15) is 0 Å². The van der Waals surface area contributed by atoms with Crippen LogP contribution in [0.2, 0.25) is 0 Å². The summed E-state index contributed by atoms with van der Waals surface area (Å²) in [6.45, 7) is 4.57. The van der Waals surface area contributed by atoms with E-state index in [4.69, 9.17) is 9.47 Å². The molecule has 0 amide bonds. The molecular weight excluding hydrogens is 306 g/mol. The summed E-state index contributed by atoms with van der Waals surface area (Å²) >= 11 is 3.69. The number of halogens is 1. The normalized spacial score (nSPS) is 22.3. The Balaban J connectivity index is 1.87. The number of ether oxygens (including phenoxy) is 2. The van der Waals surface area contributed by atoms with Gasteiger partial charge in [0, 0.05) is 10.5 Å². The molecule has 0 spiro atoms. The van der Waals surface area contributed by atoms with Crippen LogP contribution in [0.4, 0.5) is 0 Å². The van der Waals surface area contributed by atoms with Crippen molar-refractivity contribution in [1.29, 1.82) is 0 Å². The van der Waals surface area contributed by atoms with Crippen LogP contribution in [0.3, 0.4) is 0 Å². The van der Waals surface area contributed by atoms with Gasteiger partial charge in [0.2, 0.25) is 0 Å². The van der Waals surface area contributed by atoms with Crippen LogP contribution in [0.25, 0.3) is 0 Å². The summed E-state index contributed by atoms with van der Waals surface area (Å²) < 4.78 is 12.6. The first-order valence-electron chi connectivity index (χ1n) is 7.06. The van der Waals surface area contributed by atoms with Crippen LogP contribution in [0.15, 0.2) is 10.5 Å². The molecule has 1 aromatic rings. The molecule has 1 aromatic carbocycles. The van der Waals surface area contributed by atoms with Crippen molar-refractivity contribution in [3.63, 3.8) is 0 Å². The molecule has 2 heterocycles. The molecule has 1 fully saturated rings. The van der Waals surface area contributed by atoms with E-state index in [1.54, 1.807) is 0 Å². The summed E-state index contributed by atoms with van der Waals surface area (Å²) in [4.78, 5) is 0. The molecule has 1 saturated heterocycles. The van der Waals surface area contributed by atoms with E-state index in [1.807, 2.05) is 0 Å². The zero-order valence-electron chi connectivity index (χ0n) is 11.3. The molecule has 2 aliphatic heterocycles. The van der Waals surface area contributed by atoms with Crippen molar-refractivity contribution in [2.45, 2.75) is 38.6 Å². The van der Waals surface area contributed by atoms with Crippen LogP contribution < -0.4 is 14.8 Å². The van der Waals surface area contributed by atoms with Crippen LogP contribution in [-0.2, 0) is 6.42 Å². The van der Waals surface area contributed by atoms with Crippen molar-refractivity contribution in [3.05, 3.63) is 21.7 Å². The summed E-state index contributed by atoms with van der Waals surface area (Å²) in [6, 6.07) is 2.64. The summed E-state index contributed by atoms with van der Waals surface area (Å²) in [6.07, 6.45) is 4.96. The van der Waals surface area contributed by atoms with Crippen LogP contribution in [-0.4, -0.2) is 25.8 Å². The lowest BCUT2D eigenvalue weighted by Crippen LogP contribution is -2.35. The SMILES string of the molecule is Cc1c(CC2CCCCN2)c(Br)cc2c1OCCO2. The molecule has 104 valence electrons. The first-order valence-corrected chi connectivity index (χ1v) is 7.86. The lowest BCUT2D eigenvalue weighted by atomic mass is 9.94. The Bertz CT molecular complexity index is 470. The van der Waals surface area contributed by atoms with Crippen LogP contribution >= 0.6 is 15.9 Å². The predicted octanol–water partition coefficient (Wildman–Crippen LogP) is 3.21. The highest BCUT2D eigenvalue weighted by Crippen LogP contribution is 2.40. The molecule has 1 atom stereocenters. The Morgan fingerprint density at radius 2 is 2.16 bits per heavy atom. The zero-order valence-corrected chi connectivity index (χ0v) is 12.9. The van der Waals surface area contributed by atoms with Gasteiger partial charge < -0.3 is 14.8 Å². The maximum Gasteiger partial charge on any atom is 0.164 e. The standard InChI is InChI=1S/C15H20BrNO2/c1-10-12(8-11-4-2-3-5-17-11)13(16)9-14-15(10)19-7-6-18-14/h9,11,17H,2-8H2,1H3. The predicted molar refractivity (Wildman–Crippen MR) is 79.2 cm³/mol. The molecule has 0 radical (unpaired) electrons. The smallest absolute Gasteiger partial charge is 0.164 e. The minimum atomic E-state index is 0.589. The number of piperidine rings is 1. The number of rotatable bonds is 2. The van der Waals surface area contributed by atoms with Crippen LogP contribution in [0.1, 0.15) is 30.4 Å². The van der Waals surface area contributed by atoms with Gasteiger partial charge in [0.1, 0.15) is 13.2 Å². The van der Waals surface area contributed by atoms with Crippen LogP contribution in [0.5, 0.6) is 11.5 Å². The van der Waals surface area contributed by atoms with Crippen molar-refractivity contribution < 1.29 is 9.47 Å². The van der Waals surface area contributed by atoms with E-state index in [-0.39, 0.29) is 0 Å². The Kier molecular flexibility index (Phi) is 3.99. The molecule has 3 nitrogen and oxygen atoms in total. The fraction of sp³-hybridized carbons (Fsp3) is 0.600. The van der Waals surface area contributed by atoms with Gasteiger partial charge in [-0.25, -0.2) is 0 Å². The van der Waals surface area contributed by atoms with E-state index < -0.39 is 0 Å². The van der Waals surface area contributed by atoms with Crippen LogP contribution in [0, 0.1) is 6.92 Å². The molecule has 3 rings (SSSR count). The Morgan fingerprint density at radius 3 is 2.95 bits per heavy atom. The Labute approximate surface area is 122 Å². The molecule has 0 aromatic heterocycles. The van der Waals surface area contributed by atoms with Gasteiger partial charge in [-0.2, -0.15) is 0 Å². The van der Waals surface area contributed by atoms with E-state index in [0.717, 1.165) is 28.9 Å². The van der Waals surface area contributed by atoms with Gasteiger partial charge in [0.25, 0.3) is 0 Å². The quantitative estimate of drug-likeness (QED) is 0.905. The van der Waals surface area contributed by atoms with Gasteiger partial charge in [0.15, 0.2) is 11.5 Å². The fourth-order valence-electron chi connectivity index (χ4n) is 2.95. The Hall–Kier alpha value is -0.740. The zero-order chi connectivity index (χ0) is 13.2. The van der Waals surface area contributed by atoms with Crippen molar-refractivity contribution >= 4 is 15.9 Å². The lowest BCUT2D eigenvalue weighted by molar-refractivity contribution is 0.170. The number of fused-ring (bicyclic) bond motifs is 1. The average Bonchev–Trinajstić information content (AvgIpc) is 2.45. The lowest BCUT2D eigenvalue weighted by Gasteiger charge is -2.27. The molecule has 19 heavy (non-hydrogen) atoms. The number of benzene rings is 1. The maximum absolute atomic E-state index is 5.77. The molecule has 1 N–H and O–H groups in total. The molecular formula is C15H20BrNO2. The summed E-state index contributed by atoms with van der Waals surface area (Å²) in [7, 11) is 0. The van der Waals surface area contributed by atoms with Gasteiger partial charge in [-0.3, -0.25) is 0 Å². The fourth-order valence-corrected chi connectivity index (χ4v) is 3.61. The molecule has 0 saturated carbocycles.